The van der Waals surface area contributed by atoms with E-state index in [1.165, 1.54) is 0 Å². The molecule has 88 valence electrons. The Hall–Kier alpha value is -0.610. The first-order valence-corrected chi connectivity index (χ1v) is 5.76. The molecule has 0 saturated carbocycles. The Kier molecular flexibility index (Phi) is 4.54. The second kappa shape index (κ2) is 5.47. The van der Waals surface area contributed by atoms with E-state index in [0.717, 1.165) is 25.9 Å². The molecular formula is C11H22N2O2. The number of hydrogen-bond donors (Lipinski definition) is 2. The van der Waals surface area contributed by atoms with E-state index < -0.39 is 0 Å². The van der Waals surface area contributed by atoms with E-state index in [2.05, 4.69) is 17.6 Å². The molecule has 1 fully saturated rings. The Labute approximate surface area is 91.8 Å². The summed E-state index contributed by atoms with van der Waals surface area (Å²) in [6.45, 7) is 8.37. The molecule has 1 saturated heterocycles. The summed E-state index contributed by atoms with van der Waals surface area (Å²) in [6, 6.07) is -0.171. The van der Waals surface area contributed by atoms with Crippen LogP contribution in [0.1, 0.15) is 33.6 Å². The van der Waals surface area contributed by atoms with E-state index in [4.69, 9.17) is 4.74 Å². The molecule has 0 aliphatic carbocycles. The highest BCUT2D eigenvalue weighted by Gasteiger charge is 2.32. The van der Waals surface area contributed by atoms with Crippen LogP contribution in [0.25, 0.3) is 0 Å². The van der Waals surface area contributed by atoms with Crippen LogP contribution < -0.4 is 10.6 Å². The molecule has 2 N–H and O–H groups in total. The maximum Gasteiger partial charge on any atom is 0.323 e. The van der Waals surface area contributed by atoms with Crippen molar-refractivity contribution in [1.29, 1.82) is 0 Å². The normalized spacial score (nSPS) is 27.7. The van der Waals surface area contributed by atoms with Crippen molar-refractivity contribution in [1.82, 2.24) is 10.6 Å². The number of esters is 1. The molecule has 1 aliphatic rings. The molecular weight excluding hydrogens is 192 g/mol. The van der Waals surface area contributed by atoms with Gasteiger partial charge in [-0.05, 0) is 33.2 Å². The first kappa shape index (κ1) is 12.5. The van der Waals surface area contributed by atoms with Gasteiger partial charge in [-0.1, -0.05) is 6.92 Å². The maximum atomic E-state index is 11.6. The van der Waals surface area contributed by atoms with Gasteiger partial charge in [0.05, 0.1) is 6.61 Å². The number of rotatable bonds is 5. The van der Waals surface area contributed by atoms with Gasteiger partial charge in [-0.2, -0.15) is 0 Å². The molecule has 1 heterocycles. The number of carbonyl (C=O) groups is 1. The van der Waals surface area contributed by atoms with Gasteiger partial charge in [-0.15, -0.1) is 0 Å². The Bertz CT molecular complexity index is 213. The van der Waals surface area contributed by atoms with Gasteiger partial charge in [-0.3, -0.25) is 10.1 Å². The lowest BCUT2D eigenvalue weighted by Gasteiger charge is -2.29. The minimum Gasteiger partial charge on any atom is -0.465 e. The second-order valence-corrected chi connectivity index (χ2v) is 4.34. The van der Waals surface area contributed by atoms with Crippen molar-refractivity contribution in [3.63, 3.8) is 0 Å². The van der Waals surface area contributed by atoms with Crippen LogP contribution in [0.3, 0.4) is 0 Å². The Morgan fingerprint density at radius 2 is 2.33 bits per heavy atom. The summed E-state index contributed by atoms with van der Waals surface area (Å²) in [4.78, 5) is 11.6. The molecule has 0 bridgehead atoms. The molecule has 1 aliphatic heterocycles. The van der Waals surface area contributed by atoms with Crippen molar-refractivity contribution in [3.05, 3.63) is 0 Å². The third-order valence-corrected chi connectivity index (χ3v) is 2.87. The van der Waals surface area contributed by atoms with E-state index in [0.29, 0.717) is 6.61 Å². The summed E-state index contributed by atoms with van der Waals surface area (Å²) >= 11 is 0. The van der Waals surface area contributed by atoms with Gasteiger partial charge in [0.25, 0.3) is 0 Å². The standard InChI is InChI=1S/C11H22N2O2/c1-4-9(10(14)15-5-2)13-11(3)6-7-12-8-11/h9,12-13H,4-8H2,1-3H3. The molecule has 4 nitrogen and oxygen atoms in total. The van der Waals surface area contributed by atoms with Crippen LogP contribution in [0.2, 0.25) is 0 Å². The molecule has 0 aromatic carbocycles. The number of carbonyl (C=O) groups excluding carboxylic acids is 1. The average Bonchev–Trinajstić information content (AvgIpc) is 2.62. The summed E-state index contributed by atoms with van der Waals surface area (Å²) in [5, 5.41) is 6.69. The maximum absolute atomic E-state index is 11.6. The predicted octanol–water partition coefficient (Wildman–Crippen LogP) is 0.670. The third-order valence-electron chi connectivity index (χ3n) is 2.87. The van der Waals surface area contributed by atoms with Crippen LogP contribution >= 0.6 is 0 Å². The van der Waals surface area contributed by atoms with Crippen molar-refractivity contribution in [2.75, 3.05) is 19.7 Å². The van der Waals surface area contributed by atoms with Crippen LogP contribution in [0.15, 0.2) is 0 Å². The minimum atomic E-state index is -0.171. The lowest BCUT2D eigenvalue weighted by Crippen LogP contribution is -2.52. The van der Waals surface area contributed by atoms with E-state index in [1.807, 2.05) is 13.8 Å². The molecule has 0 aromatic rings. The Morgan fingerprint density at radius 1 is 1.60 bits per heavy atom. The van der Waals surface area contributed by atoms with Crippen LogP contribution in [-0.4, -0.2) is 37.2 Å². The molecule has 15 heavy (non-hydrogen) atoms. The van der Waals surface area contributed by atoms with Crippen LogP contribution in [0.5, 0.6) is 0 Å². The van der Waals surface area contributed by atoms with E-state index in [9.17, 15) is 4.79 Å². The second-order valence-electron chi connectivity index (χ2n) is 4.34. The highest BCUT2D eigenvalue weighted by Crippen LogP contribution is 2.15. The Balaban J connectivity index is 2.48. The lowest BCUT2D eigenvalue weighted by atomic mass is 9.99. The van der Waals surface area contributed by atoms with Gasteiger partial charge < -0.3 is 10.1 Å². The predicted molar refractivity (Wildman–Crippen MR) is 59.7 cm³/mol. The highest BCUT2D eigenvalue weighted by molar-refractivity contribution is 5.75. The molecule has 2 unspecified atom stereocenters. The molecule has 0 spiro atoms. The number of hydrogen-bond acceptors (Lipinski definition) is 4. The quantitative estimate of drug-likeness (QED) is 0.660. The summed E-state index contributed by atoms with van der Waals surface area (Å²) in [5.74, 6) is -0.131. The van der Waals surface area contributed by atoms with Gasteiger partial charge in [0.1, 0.15) is 6.04 Å². The topological polar surface area (TPSA) is 50.4 Å². The first-order valence-electron chi connectivity index (χ1n) is 5.76. The van der Waals surface area contributed by atoms with Gasteiger partial charge in [0.2, 0.25) is 0 Å². The zero-order valence-electron chi connectivity index (χ0n) is 9.93. The van der Waals surface area contributed by atoms with Crippen molar-refractivity contribution in [2.45, 2.75) is 45.2 Å². The summed E-state index contributed by atoms with van der Waals surface area (Å²) in [5.41, 5.74) is 0.0352. The van der Waals surface area contributed by atoms with Gasteiger partial charge in [-0.25, -0.2) is 0 Å². The Morgan fingerprint density at radius 3 is 2.80 bits per heavy atom. The van der Waals surface area contributed by atoms with Crippen molar-refractivity contribution < 1.29 is 9.53 Å². The third kappa shape index (κ3) is 3.47. The average molecular weight is 214 g/mol. The van der Waals surface area contributed by atoms with Crippen LogP contribution in [0.4, 0.5) is 0 Å². The SMILES string of the molecule is CCOC(=O)C(CC)NC1(C)CCNC1. The lowest BCUT2D eigenvalue weighted by molar-refractivity contribution is -0.146. The molecule has 0 aromatic heterocycles. The van der Waals surface area contributed by atoms with Crippen molar-refractivity contribution in [3.8, 4) is 0 Å². The summed E-state index contributed by atoms with van der Waals surface area (Å²) < 4.78 is 5.03. The molecule has 1 rings (SSSR count). The summed E-state index contributed by atoms with van der Waals surface area (Å²) in [6.07, 6.45) is 1.83. The van der Waals surface area contributed by atoms with E-state index in [-0.39, 0.29) is 17.6 Å². The fourth-order valence-corrected chi connectivity index (χ4v) is 1.93. The zero-order chi connectivity index (χ0) is 11.3. The van der Waals surface area contributed by atoms with Gasteiger partial charge >= 0.3 is 5.97 Å². The minimum absolute atomic E-state index is 0.0352. The molecule has 2 atom stereocenters. The van der Waals surface area contributed by atoms with E-state index in [1.54, 1.807) is 0 Å². The zero-order valence-corrected chi connectivity index (χ0v) is 9.93. The largest absolute Gasteiger partial charge is 0.465 e. The highest BCUT2D eigenvalue weighted by atomic mass is 16.5. The fraction of sp³-hybridized carbons (Fsp3) is 0.909. The smallest absolute Gasteiger partial charge is 0.323 e. The van der Waals surface area contributed by atoms with Gasteiger partial charge in [0.15, 0.2) is 0 Å². The van der Waals surface area contributed by atoms with Crippen molar-refractivity contribution >= 4 is 5.97 Å². The van der Waals surface area contributed by atoms with Gasteiger partial charge in [0, 0.05) is 12.1 Å². The fourth-order valence-electron chi connectivity index (χ4n) is 1.93. The van der Waals surface area contributed by atoms with Crippen molar-refractivity contribution in [2.24, 2.45) is 0 Å². The number of ether oxygens (including phenoxy) is 1. The first-order chi connectivity index (χ1) is 7.11. The summed E-state index contributed by atoms with van der Waals surface area (Å²) in [7, 11) is 0. The van der Waals surface area contributed by atoms with Crippen LogP contribution in [-0.2, 0) is 9.53 Å². The molecule has 0 amide bonds. The number of nitrogens with one attached hydrogen (secondary N) is 2. The monoisotopic (exact) mass is 214 g/mol. The van der Waals surface area contributed by atoms with Crippen LogP contribution in [0, 0.1) is 0 Å². The molecule has 4 heteroatoms. The molecule has 0 radical (unpaired) electrons. The van der Waals surface area contributed by atoms with E-state index >= 15 is 0 Å².